The second-order valence-electron chi connectivity index (χ2n) is 1.99. The van der Waals surface area contributed by atoms with E-state index in [4.69, 9.17) is 0 Å². The summed E-state index contributed by atoms with van der Waals surface area (Å²) in [7, 11) is 0. The van der Waals surface area contributed by atoms with Gasteiger partial charge < -0.3 is 5.11 Å². The Bertz CT molecular complexity index is 201. The molecular weight excluding hydrogens is 144 g/mol. The maximum atomic E-state index is 9.33. The van der Waals surface area contributed by atoms with E-state index in [2.05, 4.69) is 0 Å². The Morgan fingerprint density at radius 2 is 2.50 bits per heavy atom. The van der Waals surface area contributed by atoms with Gasteiger partial charge in [-0.1, -0.05) is 18.2 Å². The molecule has 2 heteroatoms. The van der Waals surface area contributed by atoms with Crippen LogP contribution in [0.15, 0.2) is 29.7 Å². The largest absolute Gasteiger partial charge is 0.383 e. The zero-order chi connectivity index (χ0) is 7.40. The van der Waals surface area contributed by atoms with Gasteiger partial charge in [-0.2, -0.15) is 0 Å². The highest BCUT2D eigenvalue weighted by atomic mass is 32.1. The average molecular weight is 154 g/mol. The number of allylic oxidation sites excluding steroid dienone is 1. The number of hydrogen-bond acceptors (Lipinski definition) is 2. The summed E-state index contributed by atoms with van der Waals surface area (Å²) < 4.78 is 0. The molecule has 0 radical (unpaired) electrons. The fourth-order valence-electron chi connectivity index (χ4n) is 0.737. The Hall–Kier alpha value is -0.600. The molecule has 0 aromatic carbocycles. The summed E-state index contributed by atoms with van der Waals surface area (Å²) in [5.41, 5.74) is 0. The predicted molar refractivity (Wildman–Crippen MR) is 44.1 cm³/mol. The number of rotatable bonds is 2. The molecule has 54 valence electrons. The van der Waals surface area contributed by atoms with Crippen molar-refractivity contribution in [2.45, 2.75) is 13.0 Å². The van der Waals surface area contributed by atoms with Gasteiger partial charge in [0.25, 0.3) is 0 Å². The van der Waals surface area contributed by atoms with E-state index in [1.54, 1.807) is 17.4 Å². The molecule has 10 heavy (non-hydrogen) atoms. The Kier molecular flexibility index (Phi) is 2.66. The van der Waals surface area contributed by atoms with E-state index in [0.29, 0.717) is 0 Å². The van der Waals surface area contributed by atoms with Gasteiger partial charge in [0.2, 0.25) is 0 Å². The zero-order valence-electron chi connectivity index (χ0n) is 5.82. The number of thiophene rings is 1. The highest BCUT2D eigenvalue weighted by Gasteiger charge is 2.01. The van der Waals surface area contributed by atoms with Crippen molar-refractivity contribution in [1.29, 1.82) is 0 Å². The average Bonchev–Trinajstić information content (AvgIpc) is 2.38. The Balaban J connectivity index is 2.67. The summed E-state index contributed by atoms with van der Waals surface area (Å²) in [4.78, 5) is 0.998. The number of aliphatic hydroxyl groups is 1. The molecule has 0 spiro atoms. The molecule has 0 unspecified atom stereocenters. The van der Waals surface area contributed by atoms with Gasteiger partial charge in [-0.3, -0.25) is 0 Å². The topological polar surface area (TPSA) is 20.2 Å². The minimum atomic E-state index is -0.412. The molecule has 0 aliphatic rings. The molecule has 1 aromatic rings. The van der Waals surface area contributed by atoms with E-state index >= 15 is 0 Å². The molecule has 0 saturated heterocycles. The minimum Gasteiger partial charge on any atom is -0.383 e. The third-order valence-corrected chi connectivity index (χ3v) is 2.15. The van der Waals surface area contributed by atoms with Crippen molar-refractivity contribution in [3.63, 3.8) is 0 Å². The van der Waals surface area contributed by atoms with Crippen LogP contribution < -0.4 is 0 Å². The monoisotopic (exact) mass is 154 g/mol. The lowest BCUT2D eigenvalue weighted by Gasteiger charge is -1.98. The van der Waals surface area contributed by atoms with Crippen molar-refractivity contribution in [2.75, 3.05) is 0 Å². The fourth-order valence-corrected chi connectivity index (χ4v) is 1.43. The predicted octanol–water partition coefficient (Wildman–Crippen LogP) is 2.36. The normalized spacial score (nSPS) is 14.2. The van der Waals surface area contributed by atoms with Crippen LogP contribution in [0.4, 0.5) is 0 Å². The van der Waals surface area contributed by atoms with E-state index in [-0.39, 0.29) is 0 Å². The molecule has 0 bridgehead atoms. The number of aliphatic hydroxyl groups excluding tert-OH is 1. The first-order valence-corrected chi connectivity index (χ1v) is 4.07. The van der Waals surface area contributed by atoms with Crippen molar-refractivity contribution in [3.8, 4) is 0 Å². The minimum absolute atomic E-state index is 0.412. The molecule has 1 atom stereocenters. The third kappa shape index (κ3) is 1.69. The lowest BCUT2D eigenvalue weighted by molar-refractivity contribution is 0.232. The number of hydrogen-bond donors (Lipinski definition) is 1. The van der Waals surface area contributed by atoms with E-state index in [0.717, 1.165) is 4.88 Å². The van der Waals surface area contributed by atoms with E-state index in [1.165, 1.54) is 0 Å². The molecule has 1 heterocycles. The summed E-state index contributed by atoms with van der Waals surface area (Å²) >= 11 is 1.57. The second kappa shape index (κ2) is 3.54. The van der Waals surface area contributed by atoms with Gasteiger partial charge in [0.05, 0.1) is 0 Å². The lowest BCUT2D eigenvalue weighted by Crippen LogP contribution is -1.86. The molecule has 1 nitrogen and oxygen atoms in total. The maximum Gasteiger partial charge on any atom is 0.106 e. The van der Waals surface area contributed by atoms with Crippen LogP contribution in [0.5, 0.6) is 0 Å². The van der Waals surface area contributed by atoms with Gasteiger partial charge in [-0.05, 0) is 18.4 Å². The van der Waals surface area contributed by atoms with Crippen LogP contribution in [0.3, 0.4) is 0 Å². The quantitative estimate of drug-likeness (QED) is 0.648. The smallest absolute Gasteiger partial charge is 0.106 e. The summed E-state index contributed by atoms with van der Waals surface area (Å²) in [5, 5.41) is 11.3. The van der Waals surface area contributed by atoms with Crippen molar-refractivity contribution >= 4 is 11.3 Å². The van der Waals surface area contributed by atoms with Crippen molar-refractivity contribution in [3.05, 3.63) is 34.5 Å². The Labute approximate surface area is 64.6 Å². The highest BCUT2D eigenvalue weighted by molar-refractivity contribution is 7.10. The van der Waals surface area contributed by atoms with Crippen LogP contribution >= 0.6 is 11.3 Å². The first kappa shape index (κ1) is 7.51. The van der Waals surface area contributed by atoms with Gasteiger partial charge >= 0.3 is 0 Å². The Morgan fingerprint density at radius 3 is 3.00 bits per heavy atom. The highest BCUT2D eigenvalue weighted by Crippen LogP contribution is 2.19. The van der Waals surface area contributed by atoms with Crippen LogP contribution in [0.2, 0.25) is 0 Å². The van der Waals surface area contributed by atoms with Crippen molar-refractivity contribution in [1.82, 2.24) is 0 Å². The summed E-state index contributed by atoms with van der Waals surface area (Å²) in [6.45, 7) is 1.90. The molecule has 0 saturated carbocycles. The molecule has 1 N–H and O–H groups in total. The van der Waals surface area contributed by atoms with Crippen LogP contribution in [0.1, 0.15) is 17.9 Å². The molecular formula is C8H10OS. The first-order chi connectivity index (χ1) is 4.84. The molecule has 0 fully saturated rings. The van der Waals surface area contributed by atoms with Gasteiger partial charge in [-0.25, -0.2) is 0 Å². The van der Waals surface area contributed by atoms with E-state index < -0.39 is 6.10 Å². The van der Waals surface area contributed by atoms with Crippen LogP contribution in [-0.4, -0.2) is 5.11 Å². The molecule has 1 rings (SSSR count). The summed E-state index contributed by atoms with van der Waals surface area (Å²) in [6.07, 6.45) is 3.21. The van der Waals surface area contributed by atoms with Gasteiger partial charge in [0.1, 0.15) is 6.10 Å². The standard InChI is InChI=1S/C8H10OS/c1-2-4-7(9)8-5-3-6-10-8/h2-7,9H,1H3/b4-2+/t7-/m0/s1. The summed E-state index contributed by atoms with van der Waals surface area (Å²) in [5.74, 6) is 0. The summed E-state index contributed by atoms with van der Waals surface area (Å²) in [6, 6.07) is 3.86. The van der Waals surface area contributed by atoms with Crippen LogP contribution in [0.25, 0.3) is 0 Å². The van der Waals surface area contributed by atoms with E-state index in [1.807, 2.05) is 30.5 Å². The maximum absolute atomic E-state index is 9.33. The molecule has 0 aliphatic heterocycles. The fraction of sp³-hybridized carbons (Fsp3) is 0.250. The zero-order valence-corrected chi connectivity index (χ0v) is 6.64. The van der Waals surface area contributed by atoms with Gasteiger partial charge in [0.15, 0.2) is 0 Å². The SMILES string of the molecule is C/C=C/[C@H](O)c1cccs1. The Morgan fingerprint density at radius 1 is 1.70 bits per heavy atom. The van der Waals surface area contributed by atoms with Crippen molar-refractivity contribution in [2.24, 2.45) is 0 Å². The molecule has 0 aliphatic carbocycles. The third-order valence-electron chi connectivity index (χ3n) is 1.21. The van der Waals surface area contributed by atoms with Gasteiger partial charge in [-0.15, -0.1) is 11.3 Å². The van der Waals surface area contributed by atoms with Gasteiger partial charge in [0, 0.05) is 4.88 Å². The lowest BCUT2D eigenvalue weighted by atomic mass is 10.3. The van der Waals surface area contributed by atoms with Crippen molar-refractivity contribution < 1.29 is 5.11 Å². The van der Waals surface area contributed by atoms with E-state index in [9.17, 15) is 5.11 Å². The molecule has 0 amide bonds. The van der Waals surface area contributed by atoms with Crippen LogP contribution in [0, 0.1) is 0 Å². The first-order valence-electron chi connectivity index (χ1n) is 3.19. The molecule has 1 aromatic heterocycles. The second-order valence-corrected chi connectivity index (χ2v) is 2.97. The van der Waals surface area contributed by atoms with Crippen LogP contribution in [-0.2, 0) is 0 Å².